The number of hydrogen-bond acceptors (Lipinski definition) is 4. The van der Waals surface area contributed by atoms with Crippen LogP contribution in [0, 0.1) is 28.6 Å². The Morgan fingerprint density at radius 3 is 2.41 bits per heavy atom. The predicted molar refractivity (Wildman–Crippen MR) is 112 cm³/mol. The molecule has 1 aliphatic heterocycles. The van der Waals surface area contributed by atoms with Gasteiger partial charge in [0.05, 0.1) is 6.07 Å². The monoisotopic (exact) mass is 445 g/mol. The molecule has 9 heteroatoms. The zero-order valence-electron chi connectivity index (χ0n) is 18.0. The standard InChI is InChI=1S/C23H29F2N5O2/c24-23(25,13-16-2-9-28-10-3-16)14-17(19(31)29-22(15-26)5-6-22)18-1-4-21(18)7-11-30(12-8-21)20(27)32/h2-3,9-10,17-18H,1,4-8,11-14H2,(H2,27,32)(H,29,31)/t17-,18?/m0/s1. The van der Waals surface area contributed by atoms with Gasteiger partial charge in [0, 0.05) is 44.2 Å². The number of nitrogens with two attached hydrogens (primary N) is 1. The van der Waals surface area contributed by atoms with Crippen molar-refractivity contribution >= 4 is 11.9 Å². The first-order valence-corrected chi connectivity index (χ1v) is 11.2. The highest BCUT2D eigenvalue weighted by atomic mass is 19.3. The number of urea groups is 1. The molecule has 3 aliphatic rings. The van der Waals surface area contributed by atoms with Gasteiger partial charge in [-0.1, -0.05) is 0 Å². The number of likely N-dealkylation sites (tertiary alicyclic amines) is 1. The van der Waals surface area contributed by atoms with Gasteiger partial charge in [-0.3, -0.25) is 9.78 Å². The third kappa shape index (κ3) is 4.54. The minimum Gasteiger partial charge on any atom is -0.351 e. The van der Waals surface area contributed by atoms with Gasteiger partial charge in [-0.25, -0.2) is 13.6 Å². The summed E-state index contributed by atoms with van der Waals surface area (Å²) < 4.78 is 30.3. The highest BCUT2D eigenvalue weighted by Gasteiger charge is 2.56. The fourth-order valence-electron chi connectivity index (χ4n) is 5.47. The lowest BCUT2D eigenvalue weighted by Crippen LogP contribution is -2.56. The Morgan fingerprint density at radius 2 is 1.91 bits per heavy atom. The molecule has 1 aromatic heterocycles. The summed E-state index contributed by atoms with van der Waals surface area (Å²) in [6, 6.07) is 4.76. The number of nitrogens with zero attached hydrogens (tertiary/aromatic N) is 3. The smallest absolute Gasteiger partial charge is 0.314 e. The van der Waals surface area contributed by atoms with Crippen molar-refractivity contribution in [2.75, 3.05) is 13.1 Å². The molecular weight excluding hydrogens is 416 g/mol. The Morgan fingerprint density at radius 1 is 1.25 bits per heavy atom. The van der Waals surface area contributed by atoms with Crippen molar-refractivity contribution in [3.05, 3.63) is 30.1 Å². The molecule has 0 radical (unpaired) electrons. The average molecular weight is 446 g/mol. The minimum atomic E-state index is -3.07. The number of carbonyl (C=O) groups excluding carboxylic acids is 2. The molecule has 3 N–H and O–H groups in total. The van der Waals surface area contributed by atoms with Crippen molar-refractivity contribution in [2.24, 2.45) is 23.0 Å². The quantitative estimate of drug-likeness (QED) is 0.672. The fraction of sp³-hybridized carbons (Fsp3) is 0.652. The van der Waals surface area contributed by atoms with E-state index >= 15 is 8.78 Å². The molecule has 1 saturated heterocycles. The second-order valence-corrected chi connectivity index (χ2v) is 9.71. The summed E-state index contributed by atoms with van der Waals surface area (Å²) in [6.07, 6.45) is 5.91. The number of primary amides is 1. The van der Waals surface area contributed by atoms with Crippen LogP contribution in [0.25, 0.3) is 0 Å². The number of carbonyl (C=O) groups is 2. The molecular formula is C23H29F2N5O2. The Bertz CT molecular complexity index is 905. The van der Waals surface area contributed by atoms with Crippen LogP contribution in [0.5, 0.6) is 0 Å². The molecule has 3 fully saturated rings. The van der Waals surface area contributed by atoms with Crippen molar-refractivity contribution in [3.63, 3.8) is 0 Å². The van der Waals surface area contributed by atoms with E-state index in [-0.39, 0.29) is 11.3 Å². The molecule has 1 unspecified atom stereocenters. The van der Waals surface area contributed by atoms with Gasteiger partial charge >= 0.3 is 6.03 Å². The lowest BCUT2D eigenvalue weighted by atomic mass is 9.51. The van der Waals surface area contributed by atoms with Gasteiger partial charge in [-0.05, 0) is 67.6 Å². The largest absolute Gasteiger partial charge is 0.351 e. The molecule has 2 aliphatic carbocycles. The van der Waals surface area contributed by atoms with Crippen LogP contribution in [0.2, 0.25) is 0 Å². The average Bonchev–Trinajstić information content (AvgIpc) is 3.52. The highest BCUT2D eigenvalue weighted by Crippen LogP contribution is 2.58. The maximum Gasteiger partial charge on any atom is 0.314 e. The molecule has 172 valence electrons. The van der Waals surface area contributed by atoms with Crippen molar-refractivity contribution in [1.29, 1.82) is 5.26 Å². The number of halogens is 2. The molecule has 1 aromatic rings. The van der Waals surface area contributed by atoms with E-state index in [4.69, 9.17) is 5.73 Å². The SMILES string of the molecule is N#CC1(NC(=O)[C@@H](CC(F)(F)Cc2ccncc2)C2CCC23CCN(C(N)=O)CC3)CC1. The molecule has 3 amide bonds. The van der Waals surface area contributed by atoms with E-state index in [1.54, 1.807) is 17.0 Å². The lowest BCUT2D eigenvalue weighted by molar-refractivity contribution is -0.144. The number of aromatic nitrogens is 1. The first kappa shape index (κ1) is 22.4. The molecule has 32 heavy (non-hydrogen) atoms. The predicted octanol–water partition coefficient (Wildman–Crippen LogP) is 3.01. The Kier molecular flexibility index (Phi) is 5.82. The first-order valence-electron chi connectivity index (χ1n) is 11.2. The van der Waals surface area contributed by atoms with Gasteiger partial charge in [-0.15, -0.1) is 0 Å². The summed E-state index contributed by atoms with van der Waals surface area (Å²) >= 11 is 0. The van der Waals surface area contributed by atoms with Gasteiger partial charge < -0.3 is 16.0 Å². The first-order chi connectivity index (χ1) is 15.2. The number of hydrogen-bond donors (Lipinski definition) is 2. The van der Waals surface area contributed by atoms with Crippen LogP contribution in [0.1, 0.15) is 50.5 Å². The van der Waals surface area contributed by atoms with Crippen LogP contribution in [0.3, 0.4) is 0 Å². The maximum absolute atomic E-state index is 15.2. The number of nitrogens with one attached hydrogen (secondary N) is 1. The number of amides is 3. The number of piperidine rings is 1. The van der Waals surface area contributed by atoms with E-state index in [1.165, 1.54) is 12.4 Å². The Balaban J connectivity index is 1.52. The third-order valence-electron chi connectivity index (χ3n) is 7.69. The van der Waals surface area contributed by atoms with Gasteiger partial charge in [0.25, 0.3) is 5.92 Å². The van der Waals surface area contributed by atoms with E-state index in [2.05, 4.69) is 16.4 Å². The third-order valence-corrected chi connectivity index (χ3v) is 7.69. The zero-order chi connectivity index (χ0) is 23.0. The zero-order valence-corrected chi connectivity index (χ0v) is 18.0. The van der Waals surface area contributed by atoms with Crippen molar-refractivity contribution in [1.82, 2.24) is 15.2 Å². The van der Waals surface area contributed by atoms with Crippen molar-refractivity contribution in [2.45, 2.75) is 62.8 Å². The second kappa shape index (κ2) is 8.30. The summed E-state index contributed by atoms with van der Waals surface area (Å²) in [4.78, 5) is 30.2. The molecule has 4 rings (SSSR count). The van der Waals surface area contributed by atoms with Crippen LogP contribution >= 0.6 is 0 Å². The van der Waals surface area contributed by atoms with E-state index in [0.717, 1.165) is 6.42 Å². The summed E-state index contributed by atoms with van der Waals surface area (Å²) in [5, 5.41) is 12.2. The summed E-state index contributed by atoms with van der Waals surface area (Å²) in [6.45, 7) is 0.964. The second-order valence-electron chi connectivity index (χ2n) is 9.71. The van der Waals surface area contributed by atoms with Gasteiger partial charge in [0.2, 0.25) is 5.91 Å². The Labute approximate surface area is 186 Å². The van der Waals surface area contributed by atoms with E-state index in [9.17, 15) is 14.9 Å². The molecule has 2 atom stereocenters. The summed E-state index contributed by atoms with van der Waals surface area (Å²) in [5.41, 5.74) is 4.73. The van der Waals surface area contributed by atoms with Crippen LogP contribution < -0.4 is 11.1 Å². The number of rotatable bonds is 7. The molecule has 1 spiro atoms. The van der Waals surface area contributed by atoms with Gasteiger partial charge in [0.15, 0.2) is 0 Å². The molecule has 0 bridgehead atoms. The van der Waals surface area contributed by atoms with Crippen molar-refractivity contribution < 1.29 is 18.4 Å². The van der Waals surface area contributed by atoms with Crippen molar-refractivity contribution in [3.8, 4) is 6.07 Å². The minimum absolute atomic E-state index is 0.199. The highest BCUT2D eigenvalue weighted by molar-refractivity contribution is 5.81. The van der Waals surface area contributed by atoms with Crippen LogP contribution in [-0.2, 0) is 11.2 Å². The summed E-state index contributed by atoms with van der Waals surface area (Å²) in [5.74, 6) is -4.60. The topological polar surface area (TPSA) is 112 Å². The normalized spacial score (nSPS) is 24.2. The van der Waals surface area contributed by atoms with Crippen LogP contribution in [0.4, 0.5) is 13.6 Å². The Hall–Kier alpha value is -2.76. The van der Waals surface area contributed by atoms with Crippen LogP contribution in [0.15, 0.2) is 24.5 Å². The molecule has 0 aromatic carbocycles. The van der Waals surface area contributed by atoms with E-state index in [1.807, 2.05) is 0 Å². The number of alkyl halides is 2. The van der Waals surface area contributed by atoms with Gasteiger partial charge in [0.1, 0.15) is 5.54 Å². The van der Waals surface area contributed by atoms with E-state index < -0.39 is 42.2 Å². The van der Waals surface area contributed by atoms with Gasteiger partial charge in [-0.2, -0.15) is 5.26 Å². The molecule has 2 heterocycles. The number of nitriles is 1. The van der Waals surface area contributed by atoms with Crippen LogP contribution in [-0.4, -0.2) is 46.4 Å². The lowest BCUT2D eigenvalue weighted by Gasteiger charge is -2.56. The summed E-state index contributed by atoms with van der Waals surface area (Å²) in [7, 11) is 0. The molecule has 7 nitrogen and oxygen atoms in total. The fourth-order valence-corrected chi connectivity index (χ4v) is 5.47. The molecule has 2 saturated carbocycles. The maximum atomic E-state index is 15.2. The number of pyridine rings is 1. The van der Waals surface area contributed by atoms with E-state index in [0.29, 0.717) is 50.8 Å².